The number of non-ortho nitro benzene ring substituents is 1. The topological polar surface area (TPSA) is 116 Å². The van der Waals surface area contributed by atoms with Crippen LogP contribution in [0.1, 0.15) is 5.76 Å². The molecule has 0 saturated heterocycles. The molecule has 3 aromatic rings. The molecule has 1 amide bonds. The quantitative estimate of drug-likeness (QED) is 0.578. The highest BCUT2D eigenvalue weighted by atomic mass is 35.5. The molecule has 0 saturated carbocycles. The third kappa shape index (κ3) is 2.99. The average Bonchev–Trinajstić information content (AvgIpc) is 3.05. The van der Waals surface area contributed by atoms with Crippen LogP contribution in [0.25, 0.3) is 10.9 Å². The Labute approximate surface area is 134 Å². The first-order chi connectivity index (χ1) is 10.9. The summed E-state index contributed by atoms with van der Waals surface area (Å²) in [6, 6.07) is 4.15. The fourth-order valence-electron chi connectivity index (χ4n) is 2.13. The monoisotopic (exact) mass is 335 g/mol. The normalized spacial score (nSPS) is 10.9. The molecular weight excluding hydrogens is 326 g/mol. The van der Waals surface area contributed by atoms with E-state index in [0.717, 1.165) is 0 Å². The Hall–Kier alpha value is -2.94. The number of hydrogen-bond acceptors (Lipinski definition) is 6. The number of fused-ring (bicyclic) bond motifs is 1. The Kier molecular flexibility index (Phi) is 3.70. The lowest BCUT2D eigenvalue weighted by Gasteiger charge is -2.05. The first-order valence-electron chi connectivity index (χ1n) is 6.46. The van der Waals surface area contributed by atoms with E-state index >= 15 is 0 Å². The maximum atomic E-state index is 12.0. The van der Waals surface area contributed by atoms with Gasteiger partial charge in [-0.15, -0.1) is 0 Å². The minimum absolute atomic E-state index is 0.118. The van der Waals surface area contributed by atoms with Gasteiger partial charge in [0.05, 0.1) is 21.7 Å². The number of benzene rings is 1. The van der Waals surface area contributed by atoms with Crippen LogP contribution in [0.15, 0.2) is 28.9 Å². The summed E-state index contributed by atoms with van der Waals surface area (Å²) < 4.78 is 6.22. The van der Waals surface area contributed by atoms with Crippen LogP contribution in [0.5, 0.6) is 0 Å². The van der Waals surface area contributed by atoms with Gasteiger partial charge in [-0.3, -0.25) is 19.6 Å². The van der Waals surface area contributed by atoms with Crippen molar-refractivity contribution in [1.82, 2.24) is 14.9 Å². The van der Waals surface area contributed by atoms with E-state index in [2.05, 4.69) is 15.6 Å². The molecule has 1 aromatic carbocycles. The number of nitrogens with zero attached hydrogens (tertiary/aromatic N) is 4. The van der Waals surface area contributed by atoms with Gasteiger partial charge < -0.3 is 9.84 Å². The summed E-state index contributed by atoms with van der Waals surface area (Å²) in [6.45, 7) is 1.59. The third-order valence-electron chi connectivity index (χ3n) is 3.07. The van der Waals surface area contributed by atoms with Crippen LogP contribution < -0.4 is 5.32 Å². The molecule has 0 bridgehead atoms. The Bertz CT molecular complexity index is 916. The summed E-state index contributed by atoms with van der Waals surface area (Å²) in [6.07, 6.45) is 1.42. The summed E-state index contributed by atoms with van der Waals surface area (Å²) in [7, 11) is 0. The predicted molar refractivity (Wildman–Crippen MR) is 81.3 cm³/mol. The smallest absolute Gasteiger partial charge is 0.271 e. The lowest BCUT2D eigenvalue weighted by Crippen LogP contribution is -2.19. The molecule has 0 fully saturated rings. The molecule has 9 nitrogen and oxygen atoms in total. The van der Waals surface area contributed by atoms with Crippen molar-refractivity contribution in [3.05, 3.63) is 45.3 Å². The maximum Gasteiger partial charge on any atom is 0.271 e. The molecule has 10 heteroatoms. The zero-order valence-electron chi connectivity index (χ0n) is 11.8. The van der Waals surface area contributed by atoms with E-state index in [0.29, 0.717) is 22.5 Å². The fourth-order valence-corrected chi connectivity index (χ4v) is 2.45. The highest BCUT2D eigenvalue weighted by molar-refractivity contribution is 6.35. The number of halogens is 1. The molecular formula is C13H10ClN5O4. The van der Waals surface area contributed by atoms with Crippen LogP contribution in [0.3, 0.4) is 0 Å². The molecule has 23 heavy (non-hydrogen) atoms. The molecule has 0 aliphatic rings. The molecule has 0 unspecified atom stereocenters. The molecule has 3 rings (SSSR count). The molecule has 0 aliphatic carbocycles. The maximum absolute atomic E-state index is 12.0. The van der Waals surface area contributed by atoms with Crippen LogP contribution in [0, 0.1) is 17.0 Å². The van der Waals surface area contributed by atoms with Crippen molar-refractivity contribution in [2.24, 2.45) is 0 Å². The molecule has 0 atom stereocenters. The summed E-state index contributed by atoms with van der Waals surface area (Å²) >= 11 is 6.08. The summed E-state index contributed by atoms with van der Waals surface area (Å²) in [5, 5.41) is 21.7. The van der Waals surface area contributed by atoms with Crippen LogP contribution in [-0.4, -0.2) is 25.8 Å². The zero-order valence-corrected chi connectivity index (χ0v) is 12.6. The number of anilines is 1. The van der Waals surface area contributed by atoms with Crippen LogP contribution in [-0.2, 0) is 11.3 Å². The van der Waals surface area contributed by atoms with Gasteiger partial charge in [0.15, 0.2) is 5.82 Å². The van der Waals surface area contributed by atoms with E-state index in [9.17, 15) is 14.9 Å². The van der Waals surface area contributed by atoms with Crippen LogP contribution in [0.2, 0.25) is 5.02 Å². The van der Waals surface area contributed by atoms with Crippen molar-refractivity contribution < 1.29 is 14.2 Å². The molecule has 0 aliphatic heterocycles. The Morgan fingerprint density at radius 3 is 2.91 bits per heavy atom. The van der Waals surface area contributed by atoms with Gasteiger partial charge >= 0.3 is 0 Å². The van der Waals surface area contributed by atoms with Gasteiger partial charge in [-0.1, -0.05) is 16.8 Å². The van der Waals surface area contributed by atoms with Crippen LogP contribution >= 0.6 is 11.6 Å². The first kappa shape index (κ1) is 15.0. The van der Waals surface area contributed by atoms with Gasteiger partial charge in [-0.25, -0.2) is 0 Å². The van der Waals surface area contributed by atoms with Gasteiger partial charge in [0, 0.05) is 23.6 Å². The number of nitrogens with one attached hydrogen (secondary N) is 1. The number of nitro groups is 1. The zero-order chi connectivity index (χ0) is 16.6. The lowest BCUT2D eigenvalue weighted by molar-refractivity contribution is -0.384. The van der Waals surface area contributed by atoms with E-state index < -0.39 is 4.92 Å². The van der Waals surface area contributed by atoms with Crippen molar-refractivity contribution in [3.8, 4) is 0 Å². The third-order valence-corrected chi connectivity index (χ3v) is 3.36. The highest BCUT2D eigenvalue weighted by Crippen LogP contribution is 2.28. The Balaban J connectivity index is 1.85. The van der Waals surface area contributed by atoms with E-state index in [1.807, 2.05) is 0 Å². The van der Waals surface area contributed by atoms with Gasteiger partial charge in [0.2, 0.25) is 5.91 Å². The summed E-state index contributed by atoms with van der Waals surface area (Å²) in [5.74, 6) is 0.489. The van der Waals surface area contributed by atoms with E-state index in [1.54, 1.807) is 13.0 Å². The minimum Gasteiger partial charge on any atom is -0.360 e. The van der Waals surface area contributed by atoms with Gasteiger partial charge in [-0.2, -0.15) is 5.10 Å². The van der Waals surface area contributed by atoms with Crippen molar-refractivity contribution >= 4 is 39.9 Å². The minimum atomic E-state index is -0.539. The SMILES string of the molecule is Cc1cc(NC(=O)Cn2ncc3cc([N+](=O)[O-])cc(Cl)c32)no1. The fraction of sp³-hybridized carbons (Fsp3) is 0.154. The standard InChI is InChI=1S/C13H10ClN5O4/c1-7-2-11(17-23-7)16-12(20)6-18-13-8(5-15-18)3-9(19(21)22)4-10(13)14/h2-5H,6H2,1H3,(H,16,17,20). The van der Waals surface area contributed by atoms with Gasteiger partial charge in [0.1, 0.15) is 12.3 Å². The number of carbonyl (C=O) groups is 1. The molecule has 2 heterocycles. The van der Waals surface area contributed by atoms with E-state index in [4.69, 9.17) is 16.1 Å². The number of rotatable bonds is 4. The first-order valence-corrected chi connectivity index (χ1v) is 6.84. The molecule has 1 N–H and O–H groups in total. The number of hydrogen-bond donors (Lipinski definition) is 1. The Morgan fingerprint density at radius 1 is 1.48 bits per heavy atom. The number of carbonyl (C=O) groups excluding carboxylic acids is 1. The van der Waals surface area contributed by atoms with Crippen molar-refractivity contribution in [3.63, 3.8) is 0 Å². The van der Waals surface area contributed by atoms with Crippen molar-refractivity contribution in [2.75, 3.05) is 5.32 Å². The number of aryl methyl sites for hydroxylation is 1. The largest absolute Gasteiger partial charge is 0.360 e. The molecule has 2 aromatic heterocycles. The average molecular weight is 336 g/mol. The van der Waals surface area contributed by atoms with Gasteiger partial charge in [-0.05, 0) is 6.92 Å². The van der Waals surface area contributed by atoms with Crippen molar-refractivity contribution in [2.45, 2.75) is 13.5 Å². The van der Waals surface area contributed by atoms with E-state index in [1.165, 1.54) is 23.0 Å². The molecule has 0 spiro atoms. The van der Waals surface area contributed by atoms with Gasteiger partial charge in [0.25, 0.3) is 5.69 Å². The van der Waals surface area contributed by atoms with Crippen LogP contribution in [0.4, 0.5) is 11.5 Å². The number of aromatic nitrogens is 3. The number of nitro benzene ring substituents is 1. The predicted octanol–water partition coefficient (Wildman–Crippen LogP) is 2.53. The highest BCUT2D eigenvalue weighted by Gasteiger charge is 2.16. The summed E-state index contributed by atoms with van der Waals surface area (Å²) in [4.78, 5) is 22.3. The molecule has 118 valence electrons. The summed E-state index contributed by atoms with van der Waals surface area (Å²) in [5.41, 5.74) is 0.313. The Morgan fingerprint density at radius 2 is 2.26 bits per heavy atom. The second-order valence-corrected chi connectivity index (χ2v) is 5.20. The van der Waals surface area contributed by atoms with Crippen molar-refractivity contribution in [1.29, 1.82) is 0 Å². The second kappa shape index (κ2) is 5.69. The molecule has 0 radical (unpaired) electrons. The van der Waals surface area contributed by atoms with E-state index in [-0.39, 0.29) is 23.2 Å². The lowest BCUT2D eigenvalue weighted by atomic mass is 10.2. The number of amides is 1. The second-order valence-electron chi connectivity index (χ2n) is 4.80.